The summed E-state index contributed by atoms with van der Waals surface area (Å²) < 4.78 is 21.5. The predicted octanol–water partition coefficient (Wildman–Crippen LogP) is 11.0. The quantitative estimate of drug-likeness (QED) is 0.109. The van der Waals surface area contributed by atoms with E-state index in [1.807, 2.05) is 24.3 Å². The van der Waals surface area contributed by atoms with E-state index in [9.17, 15) is 9.59 Å². The van der Waals surface area contributed by atoms with Crippen LogP contribution in [-0.4, -0.2) is 76.0 Å². The number of carbonyl (C=O) groups excluding carboxylic acids is 2. The number of piperidine rings is 2. The number of carbonyl (C=O) groups is 2. The molecule has 2 aliphatic carbocycles. The molecule has 1 atom stereocenters. The molecular weight excluding hydrogens is 1080 g/mol. The lowest BCUT2D eigenvalue weighted by molar-refractivity contribution is 0.0895. The van der Waals surface area contributed by atoms with Crippen molar-refractivity contribution in [2.45, 2.75) is 58.0 Å². The minimum absolute atomic E-state index is 0. The molecule has 4 aromatic carbocycles. The highest BCUT2D eigenvalue weighted by atomic mass is 128. The molecule has 0 radical (unpaired) electrons. The van der Waals surface area contributed by atoms with E-state index in [1.165, 1.54) is 24.0 Å². The Bertz CT molecular complexity index is 2010. The standard InChI is InChI=1S/C24H29NO3.C24H27NO3.I2.HI/c2*1-27-22-14-19-13-20(24(26)21(19)15-23(22)28-2)12-17-8-10-25(11-9-17)16-18-6-4-3-5-7-18;1-2;/h3-7,14-15,17,20H,8-13,16H2,1-2H3;3-7,12,14-15,17H,8-11,13,16H2,1-2H3;;1H. The maximum Gasteiger partial charge on any atom is 0.189 e. The third-order valence-electron chi connectivity index (χ3n) is 12.1. The van der Waals surface area contributed by atoms with Gasteiger partial charge in [-0.3, -0.25) is 19.4 Å². The van der Waals surface area contributed by atoms with Crippen LogP contribution in [-0.2, 0) is 25.9 Å². The first-order chi connectivity index (χ1) is 28.3. The summed E-state index contributed by atoms with van der Waals surface area (Å²) in [7, 11) is 6.48. The Labute approximate surface area is 391 Å². The summed E-state index contributed by atoms with van der Waals surface area (Å²) in [6.07, 6.45) is 9.31. The Morgan fingerprint density at radius 1 is 0.627 bits per heavy atom. The smallest absolute Gasteiger partial charge is 0.189 e. The SMILES string of the molecule is COc1cc2c(cc1OC)C(=O)C(=CC1CCN(Cc3ccccc3)CC1)C2.COc1cc2c(cc1OC)C(=O)C(CC1CCN(Cc3ccccc3)CC1)C2.I.II. The molecule has 0 N–H and O–H groups in total. The molecule has 2 fully saturated rings. The number of rotatable bonds is 11. The van der Waals surface area contributed by atoms with Crippen LogP contribution >= 0.6 is 61.2 Å². The minimum Gasteiger partial charge on any atom is -0.493 e. The van der Waals surface area contributed by atoms with Crippen molar-refractivity contribution < 1.29 is 28.5 Å². The molecule has 59 heavy (non-hydrogen) atoms. The third kappa shape index (κ3) is 12.2. The second kappa shape index (κ2) is 23.5. The van der Waals surface area contributed by atoms with Gasteiger partial charge in [-0.2, -0.15) is 0 Å². The van der Waals surface area contributed by atoms with Gasteiger partial charge in [-0.15, -0.1) is 24.0 Å². The van der Waals surface area contributed by atoms with Crippen LogP contribution < -0.4 is 18.9 Å². The molecule has 2 saturated heterocycles. The van der Waals surface area contributed by atoms with Gasteiger partial charge in [-0.05, 0) is 123 Å². The van der Waals surface area contributed by atoms with Gasteiger partial charge in [0.05, 0.1) is 28.4 Å². The average molecular weight is 1140 g/mol. The van der Waals surface area contributed by atoms with Crippen molar-refractivity contribution in [1.82, 2.24) is 9.80 Å². The van der Waals surface area contributed by atoms with Gasteiger partial charge in [0.15, 0.2) is 34.6 Å². The van der Waals surface area contributed by atoms with Crippen molar-refractivity contribution in [3.63, 3.8) is 0 Å². The second-order valence-corrected chi connectivity index (χ2v) is 15.7. The van der Waals surface area contributed by atoms with Gasteiger partial charge < -0.3 is 18.9 Å². The van der Waals surface area contributed by atoms with Gasteiger partial charge in [0.2, 0.25) is 0 Å². The number of methoxy groups -OCH3 is 4. The number of halogens is 3. The van der Waals surface area contributed by atoms with E-state index in [2.05, 4.69) is 114 Å². The molecule has 4 aromatic rings. The van der Waals surface area contributed by atoms with Crippen LogP contribution in [0.1, 0.15) is 75.1 Å². The number of allylic oxidation sites excluding steroid dienone is 2. The highest BCUT2D eigenvalue weighted by Crippen LogP contribution is 2.40. The summed E-state index contributed by atoms with van der Waals surface area (Å²) in [4.78, 5) is 30.8. The number of nitrogens with zero attached hydrogens (tertiary/aromatic N) is 2. The fourth-order valence-electron chi connectivity index (χ4n) is 8.99. The molecule has 0 bridgehead atoms. The Morgan fingerprint density at radius 2 is 1.08 bits per heavy atom. The number of fused-ring (bicyclic) bond motifs is 2. The molecule has 316 valence electrons. The monoisotopic (exact) mass is 1140 g/mol. The van der Waals surface area contributed by atoms with Crippen molar-refractivity contribution in [3.05, 3.63) is 130 Å². The molecule has 2 aliphatic heterocycles. The van der Waals surface area contributed by atoms with Crippen molar-refractivity contribution in [2.75, 3.05) is 54.6 Å². The molecule has 0 aromatic heterocycles. The van der Waals surface area contributed by atoms with Gasteiger partial charge in [-0.25, -0.2) is 0 Å². The van der Waals surface area contributed by atoms with Crippen LogP contribution in [0.4, 0.5) is 0 Å². The zero-order valence-electron chi connectivity index (χ0n) is 34.6. The van der Waals surface area contributed by atoms with E-state index >= 15 is 0 Å². The lowest BCUT2D eigenvalue weighted by Gasteiger charge is -2.32. The Balaban J connectivity index is 0.000000212. The molecule has 4 aliphatic rings. The Morgan fingerprint density at radius 3 is 1.59 bits per heavy atom. The van der Waals surface area contributed by atoms with Gasteiger partial charge in [0.1, 0.15) is 0 Å². The number of ketones is 2. The largest absolute Gasteiger partial charge is 0.493 e. The Hall–Kier alpha value is -2.73. The molecule has 0 amide bonds. The zero-order chi connectivity index (χ0) is 41.0. The summed E-state index contributed by atoms with van der Waals surface area (Å²) in [5, 5.41) is 0. The van der Waals surface area contributed by atoms with E-state index in [-0.39, 0.29) is 41.5 Å². The van der Waals surface area contributed by atoms with Crippen LogP contribution in [0, 0.1) is 17.8 Å². The maximum atomic E-state index is 12.9. The van der Waals surface area contributed by atoms with Crippen molar-refractivity contribution in [2.24, 2.45) is 17.8 Å². The van der Waals surface area contributed by atoms with Crippen LogP contribution in [0.2, 0.25) is 0 Å². The molecule has 8 nitrogen and oxygen atoms in total. The molecule has 0 spiro atoms. The normalized spacial score (nSPS) is 18.7. The Kier molecular flexibility index (Phi) is 18.8. The number of likely N-dealkylation sites (tertiary alicyclic amines) is 2. The molecule has 1 unspecified atom stereocenters. The van der Waals surface area contributed by atoms with Gasteiger partial charge in [-0.1, -0.05) is 66.7 Å². The van der Waals surface area contributed by atoms with E-state index in [1.54, 1.807) is 28.4 Å². The first-order valence-electron chi connectivity index (χ1n) is 20.3. The lowest BCUT2D eigenvalue weighted by atomic mass is 9.85. The van der Waals surface area contributed by atoms with Gasteiger partial charge >= 0.3 is 0 Å². The van der Waals surface area contributed by atoms with Gasteiger partial charge in [0.25, 0.3) is 0 Å². The maximum absolute atomic E-state index is 12.9. The second-order valence-electron chi connectivity index (χ2n) is 15.7. The number of hydrogen-bond donors (Lipinski definition) is 0. The third-order valence-corrected chi connectivity index (χ3v) is 12.1. The summed E-state index contributed by atoms with van der Waals surface area (Å²) in [6, 6.07) is 28.9. The first-order valence-corrected chi connectivity index (χ1v) is 26.6. The van der Waals surface area contributed by atoms with E-state index in [0.717, 1.165) is 92.8 Å². The summed E-state index contributed by atoms with van der Waals surface area (Å²) in [6.45, 7) is 6.43. The lowest BCUT2D eigenvalue weighted by Crippen LogP contribution is -2.34. The molecular formula is C48H57I3N2O6. The fraction of sp³-hybridized carbons (Fsp3) is 0.417. The van der Waals surface area contributed by atoms with Crippen molar-refractivity contribution >= 4 is 72.8 Å². The zero-order valence-corrected chi connectivity index (χ0v) is 41.2. The summed E-state index contributed by atoms with van der Waals surface area (Å²) >= 11 is 4.24. The van der Waals surface area contributed by atoms with Crippen molar-refractivity contribution in [1.29, 1.82) is 0 Å². The highest BCUT2D eigenvalue weighted by Gasteiger charge is 2.35. The van der Waals surface area contributed by atoms with Crippen LogP contribution in [0.15, 0.2) is 96.6 Å². The predicted molar refractivity (Wildman–Crippen MR) is 264 cm³/mol. The minimum atomic E-state index is 0. The van der Waals surface area contributed by atoms with Crippen LogP contribution in [0.5, 0.6) is 23.0 Å². The molecule has 8 rings (SSSR count). The highest BCUT2D eigenvalue weighted by molar-refractivity contribution is 15.0. The molecule has 0 saturated carbocycles. The first kappa shape index (κ1) is 47.3. The summed E-state index contributed by atoms with van der Waals surface area (Å²) in [5.41, 5.74) is 7.39. The van der Waals surface area contributed by atoms with Crippen molar-refractivity contribution in [3.8, 4) is 23.0 Å². The van der Waals surface area contributed by atoms with E-state index in [0.29, 0.717) is 41.3 Å². The van der Waals surface area contributed by atoms with Crippen LogP contribution in [0.25, 0.3) is 0 Å². The van der Waals surface area contributed by atoms with E-state index in [4.69, 9.17) is 18.9 Å². The number of benzene rings is 4. The number of Topliss-reactive ketones (excluding diaryl/α,β-unsaturated/α-hetero) is 2. The summed E-state index contributed by atoms with van der Waals surface area (Å²) in [5.74, 6) is 4.30. The van der Waals surface area contributed by atoms with Gasteiger partial charge in [0, 0.05) is 79.4 Å². The fourth-order valence-corrected chi connectivity index (χ4v) is 8.99. The topological polar surface area (TPSA) is 77.5 Å². The number of ether oxygens (including phenoxy) is 4. The van der Waals surface area contributed by atoms with Crippen LogP contribution in [0.3, 0.4) is 0 Å². The molecule has 11 heteroatoms. The average Bonchev–Trinajstić information content (AvgIpc) is 3.74. The molecule has 2 heterocycles. The number of hydrogen-bond acceptors (Lipinski definition) is 8. The van der Waals surface area contributed by atoms with E-state index < -0.39 is 0 Å².